The molecule has 2 N–H and O–H groups in total. The van der Waals surface area contributed by atoms with Gasteiger partial charge in [0.05, 0.1) is 18.3 Å². The zero-order chi connectivity index (χ0) is 20.9. The van der Waals surface area contributed by atoms with Crippen molar-refractivity contribution in [3.05, 3.63) is 47.0 Å². The molecule has 1 aliphatic rings. The molecule has 1 amide bonds. The summed E-state index contributed by atoms with van der Waals surface area (Å²) in [4.78, 5) is 15.8. The van der Waals surface area contributed by atoms with Gasteiger partial charge in [0.1, 0.15) is 16.6 Å². The van der Waals surface area contributed by atoms with Gasteiger partial charge in [-0.3, -0.25) is 4.79 Å². The molecule has 10 heteroatoms. The van der Waals surface area contributed by atoms with Gasteiger partial charge >= 0.3 is 0 Å². The minimum Gasteiger partial charge on any atom is -0.376 e. The van der Waals surface area contributed by atoms with Crippen molar-refractivity contribution in [3.63, 3.8) is 0 Å². The summed E-state index contributed by atoms with van der Waals surface area (Å²) in [7, 11) is 0. The molecule has 1 aromatic carbocycles. The molecule has 1 saturated heterocycles. The Bertz CT molecular complexity index is 999. The molecule has 1 fully saturated rings. The molecule has 1 unspecified atom stereocenters. The van der Waals surface area contributed by atoms with E-state index >= 15 is 0 Å². The molecule has 30 heavy (non-hydrogen) atoms. The number of aromatic nitrogens is 4. The second-order valence-electron chi connectivity index (χ2n) is 7.05. The third-order valence-electron chi connectivity index (χ3n) is 4.79. The molecule has 4 rings (SSSR count). The number of carbonyl (C=O) groups is 1. The molecule has 7 nitrogen and oxygen atoms in total. The first-order valence-electron chi connectivity index (χ1n) is 9.73. The Labute approximate surface area is 181 Å². The van der Waals surface area contributed by atoms with Gasteiger partial charge in [-0.25, -0.2) is 9.37 Å². The van der Waals surface area contributed by atoms with Crippen molar-refractivity contribution < 1.29 is 13.9 Å². The Balaban J connectivity index is 1.45. The van der Waals surface area contributed by atoms with Gasteiger partial charge in [-0.2, -0.15) is 0 Å². The normalized spacial score (nSPS) is 16.2. The number of ether oxygens (including phenoxy) is 1. The number of nitrogens with zero attached hydrogens (tertiary/aromatic N) is 4. The van der Waals surface area contributed by atoms with E-state index in [1.54, 1.807) is 23.9 Å². The minimum atomic E-state index is -0.355. The fourth-order valence-electron chi connectivity index (χ4n) is 3.26. The second-order valence-corrected chi connectivity index (χ2v) is 8.85. The first kappa shape index (κ1) is 21.0. The molecule has 1 aliphatic heterocycles. The van der Waals surface area contributed by atoms with Crippen LogP contribution >= 0.6 is 23.1 Å². The van der Waals surface area contributed by atoms with Crippen molar-refractivity contribution in [2.45, 2.75) is 49.2 Å². The van der Waals surface area contributed by atoms with Crippen LogP contribution in [0.4, 0.5) is 4.39 Å². The average molecular weight is 448 g/mol. The summed E-state index contributed by atoms with van der Waals surface area (Å²) in [6, 6.07) is 6.33. The summed E-state index contributed by atoms with van der Waals surface area (Å²) in [5.41, 5.74) is 7.12. The van der Waals surface area contributed by atoms with Gasteiger partial charge < -0.3 is 15.0 Å². The maximum atomic E-state index is 13.1. The third kappa shape index (κ3) is 5.24. The largest absolute Gasteiger partial charge is 0.376 e. The Kier molecular flexibility index (Phi) is 6.76. The van der Waals surface area contributed by atoms with E-state index in [2.05, 4.69) is 15.2 Å². The quantitative estimate of drug-likeness (QED) is 0.505. The lowest BCUT2D eigenvalue weighted by molar-refractivity contribution is -0.118. The minimum absolute atomic E-state index is 0.136. The number of benzene rings is 1. The van der Waals surface area contributed by atoms with Crippen LogP contribution in [0.15, 0.2) is 34.8 Å². The van der Waals surface area contributed by atoms with Crippen LogP contribution in [-0.2, 0) is 28.2 Å². The Morgan fingerprint density at radius 2 is 2.17 bits per heavy atom. The van der Waals surface area contributed by atoms with Gasteiger partial charge in [-0.1, -0.05) is 11.8 Å². The fraction of sp³-hybridized carbons (Fsp3) is 0.400. The molecular weight excluding hydrogens is 425 g/mol. The molecule has 1 atom stereocenters. The van der Waals surface area contributed by atoms with E-state index in [9.17, 15) is 9.18 Å². The standard InChI is InChI=1S/C20H22FN5O2S2/c21-14-5-3-13(4-6-14)19-23-15(11-29-19)12-30-20-25-24-18(8-7-17(22)27)26(20)10-16-2-1-9-28-16/h3-6,11,16H,1-2,7-10,12H2,(H2,22,27). The van der Waals surface area contributed by atoms with Gasteiger partial charge in [-0.15, -0.1) is 21.5 Å². The van der Waals surface area contributed by atoms with E-state index in [1.807, 2.05) is 9.95 Å². The van der Waals surface area contributed by atoms with Crippen LogP contribution < -0.4 is 5.73 Å². The average Bonchev–Trinajstić information content (AvgIpc) is 3.48. The summed E-state index contributed by atoms with van der Waals surface area (Å²) in [6.07, 6.45) is 2.89. The van der Waals surface area contributed by atoms with Crippen LogP contribution in [0.2, 0.25) is 0 Å². The first-order chi connectivity index (χ1) is 14.6. The fourth-order valence-corrected chi connectivity index (χ4v) is 5.05. The Morgan fingerprint density at radius 1 is 1.33 bits per heavy atom. The lowest BCUT2D eigenvalue weighted by atomic mass is 10.2. The van der Waals surface area contributed by atoms with E-state index in [0.717, 1.165) is 46.7 Å². The monoisotopic (exact) mass is 447 g/mol. The molecule has 0 radical (unpaired) electrons. The van der Waals surface area contributed by atoms with Gasteiger partial charge in [0.2, 0.25) is 5.91 Å². The van der Waals surface area contributed by atoms with E-state index < -0.39 is 0 Å². The van der Waals surface area contributed by atoms with Gasteiger partial charge in [0.25, 0.3) is 0 Å². The number of carbonyl (C=O) groups excluding carboxylic acids is 1. The van der Waals surface area contributed by atoms with Crippen molar-refractivity contribution in [1.82, 2.24) is 19.7 Å². The predicted octanol–water partition coefficient (Wildman–Crippen LogP) is 3.43. The zero-order valence-electron chi connectivity index (χ0n) is 16.3. The molecule has 0 aliphatic carbocycles. The number of amides is 1. The first-order valence-corrected chi connectivity index (χ1v) is 11.6. The number of thiazole rings is 1. The number of thioether (sulfide) groups is 1. The highest BCUT2D eigenvalue weighted by Crippen LogP contribution is 2.28. The highest BCUT2D eigenvalue weighted by atomic mass is 32.2. The van der Waals surface area contributed by atoms with Crippen molar-refractivity contribution >= 4 is 29.0 Å². The number of halogens is 1. The molecular formula is C20H22FN5O2S2. The van der Waals surface area contributed by atoms with Crippen LogP contribution in [0, 0.1) is 5.82 Å². The van der Waals surface area contributed by atoms with Gasteiger partial charge in [-0.05, 0) is 37.1 Å². The lowest BCUT2D eigenvalue weighted by Gasteiger charge is -2.14. The van der Waals surface area contributed by atoms with Crippen LogP contribution in [0.25, 0.3) is 10.6 Å². The molecule has 0 bridgehead atoms. The lowest BCUT2D eigenvalue weighted by Crippen LogP contribution is -2.19. The highest BCUT2D eigenvalue weighted by Gasteiger charge is 2.21. The topological polar surface area (TPSA) is 95.9 Å². The maximum absolute atomic E-state index is 13.1. The number of hydrogen-bond acceptors (Lipinski definition) is 7. The van der Waals surface area contributed by atoms with Crippen molar-refractivity contribution in [2.75, 3.05) is 6.61 Å². The predicted molar refractivity (Wildman–Crippen MR) is 114 cm³/mol. The summed E-state index contributed by atoms with van der Waals surface area (Å²) in [5.74, 6) is 0.768. The van der Waals surface area contributed by atoms with Crippen LogP contribution in [-0.4, -0.2) is 38.4 Å². The van der Waals surface area contributed by atoms with Crippen LogP contribution in [0.5, 0.6) is 0 Å². The molecule has 158 valence electrons. The van der Waals surface area contributed by atoms with Crippen molar-refractivity contribution in [2.24, 2.45) is 5.73 Å². The van der Waals surface area contributed by atoms with E-state index in [1.165, 1.54) is 23.5 Å². The number of hydrogen-bond donors (Lipinski definition) is 1. The van der Waals surface area contributed by atoms with Crippen LogP contribution in [0.1, 0.15) is 30.8 Å². The number of aryl methyl sites for hydroxylation is 1. The Hall–Kier alpha value is -2.30. The molecule has 0 spiro atoms. The number of rotatable bonds is 9. The summed E-state index contributed by atoms with van der Waals surface area (Å²) >= 11 is 3.08. The SMILES string of the molecule is NC(=O)CCc1nnc(SCc2csc(-c3ccc(F)cc3)n2)n1CC1CCCO1. The highest BCUT2D eigenvalue weighted by molar-refractivity contribution is 7.98. The molecule has 3 aromatic rings. The molecule has 3 heterocycles. The Morgan fingerprint density at radius 3 is 2.90 bits per heavy atom. The van der Waals surface area contributed by atoms with E-state index in [0.29, 0.717) is 18.7 Å². The van der Waals surface area contributed by atoms with E-state index in [-0.39, 0.29) is 24.2 Å². The summed E-state index contributed by atoms with van der Waals surface area (Å²) < 4.78 is 20.9. The van der Waals surface area contributed by atoms with Crippen LogP contribution in [0.3, 0.4) is 0 Å². The summed E-state index contributed by atoms with van der Waals surface area (Å²) in [5, 5.41) is 12.2. The molecule has 2 aromatic heterocycles. The van der Waals surface area contributed by atoms with E-state index in [4.69, 9.17) is 10.5 Å². The third-order valence-corrected chi connectivity index (χ3v) is 6.73. The van der Waals surface area contributed by atoms with Crippen molar-refractivity contribution in [3.8, 4) is 10.6 Å². The second kappa shape index (κ2) is 9.67. The number of nitrogens with two attached hydrogens (primary N) is 1. The summed E-state index contributed by atoms with van der Waals surface area (Å²) in [6.45, 7) is 1.44. The molecule has 0 saturated carbocycles. The zero-order valence-corrected chi connectivity index (χ0v) is 17.9. The number of primary amides is 1. The van der Waals surface area contributed by atoms with Gasteiger partial charge in [0.15, 0.2) is 5.16 Å². The maximum Gasteiger partial charge on any atom is 0.217 e. The van der Waals surface area contributed by atoms with Gasteiger partial charge in [0, 0.05) is 36.1 Å². The van der Waals surface area contributed by atoms with Crippen molar-refractivity contribution in [1.29, 1.82) is 0 Å². The smallest absolute Gasteiger partial charge is 0.217 e.